The maximum absolute atomic E-state index is 12.8. The van der Waals surface area contributed by atoms with Gasteiger partial charge in [0.2, 0.25) is 5.91 Å². The molecule has 0 saturated carbocycles. The molecule has 28 heavy (non-hydrogen) atoms. The fraction of sp³-hybridized carbons (Fsp3) is 0.273. The molecule has 0 spiro atoms. The Bertz CT molecular complexity index is 935. The third-order valence-corrected chi connectivity index (χ3v) is 4.28. The number of aromatic nitrogens is 2. The Labute approximate surface area is 164 Å². The Morgan fingerprint density at radius 1 is 1.14 bits per heavy atom. The predicted molar refractivity (Wildman–Crippen MR) is 107 cm³/mol. The minimum absolute atomic E-state index is 0.0639. The van der Waals surface area contributed by atoms with Crippen molar-refractivity contribution in [3.05, 3.63) is 77.4 Å². The number of halogens is 1. The lowest BCUT2D eigenvalue weighted by molar-refractivity contribution is -0.116. The zero-order valence-corrected chi connectivity index (χ0v) is 16.1. The molecule has 1 aromatic heterocycles. The zero-order valence-electron chi connectivity index (χ0n) is 16.1. The van der Waals surface area contributed by atoms with Crippen LogP contribution in [-0.4, -0.2) is 22.3 Å². The summed E-state index contributed by atoms with van der Waals surface area (Å²) in [5, 5.41) is 7.39. The van der Waals surface area contributed by atoms with Gasteiger partial charge in [-0.15, -0.1) is 0 Å². The SMILES string of the molecule is Cc1cc(C)n(Cc2cccc(NC(=O)CCCOc3ccc(F)cc3)c2)n1. The first-order valence-electron chi connectivity index (χ1n) is 9.28. The van der Waals surface area contributed by atoms with Gasteiger partial charge in [0.15, 0.2) is 0 Å². The number of hydrogen-bond acceptors (Lipinski definition) is 3. The largest absolute Gasteiger partial charge is 0.494 e. The predicted octanol–water partition coefficient (Wildman–Crippen LogP) is 4.49. The summed E-state index contributed by atoms with van der Waals surface area (Å²) in [6.45, 7) is 5.06. The monoisotopic (exact) mass is 381 g/mol. The van der Waals surface area contributed by atoms with Gasteiger partial charge in [-0.1, -0.05) is 12.1 Å². The number of carbonyl (C=O) groups is 1. The minimum atomic E-state index is -0.299. The number of carbonyl (C=O) groups excluding carboxylic acids is 1. The highest BCUT2D eigenvalue weighted by Gasteiger charge is 2.06. The Morgan fingerprint density at radius 3 is 2.64 bits per heavy atom. The Hall–Kier alpha value is -3.15. The molecule has 0 aliphatic rings. The number of hydrogen-bond donors (Lipinski definition) is 1. The molecule has 0 atom stereocenters. The standard InChI is InChI=1S/C22H24FN3O2/c1-16-13-17(2)26(25-16)15-18-5-3-6-20(14-18)24-22(27)7-4-12-28-21-10-8-19(23)9-11-21/h3,5-6,8-11,13-14H,4,7,12,15H2,1-2H3,(H,24,27). The Kier molecular flexibility index (Phi) is 6.42. The topological polar surface area (TPSA) is 56.2 Å². The normalized spacial score (nSPS) is 10.7. The molecule has 0 aliphatic heterocycles. The van der Waals surface area contributed by atoms with E-state index in [9.17, 15) is 9.18 Å². The van der Waals surface area contributed by atoms with E-state index in [0.717, 1.165) is 22.6 Å². The van der Waals surface area contributed by atoms with E-state index in [1.807, 2.05) is 48.9 Å². The van der Waals surface area contributed by atoms with Crippen LogP contribution in [0.25, 0.3) is 0 Å². The van der Waals surface area contributed by atoms with Crippen molar-refractivity contribution in [2.45, 2.75) is 33.2 Å². The van der Waals surface area contributed by atoms with E-state index in [-0.39, 0.29) is 11.7 Å². The van der Waals surface area contributed by atoms with Gasteiger partial charge in [0.05, 0.1) is 18.8 Å². The highest BCUT2D eigenvalue weighted by Crippen LogP contribution is 2.15. The summed E-state index contributed by atoms with van der Waals surface area (Å²) < 4.78 is 20.3. The lowest BCUT2D eigenvalue weighted by Gasteiger charge is -2.09. The minimum Gasteiger partial charge on any atom is -0.494 e. The molecule has 0 unspecified atom stereocenters. The summed E-state index contributed by atoms with van der Waals surface area (Å²) in [6.07, 6.45) is 0.928. The second kappa shape index (κ2) is 9.17. The zero-order chi connectivity index (χ0) is 19.9. The van der Waals surface area contributed by atoms with E-state index in [1.54, 1.807) is 12.1 Å². The molecule has 146 valence electrons. The third-order valence-electron chi connectivity index (χ3n) is 4.28. The van der Waals surface area contributed by atoms with Crippen molar-refractivity contribution < 1.29 is 13.9 Å². The molecular weight excluding hydrogens is 357 g/mol. The van der Waals surface area contributed by atoms with E-state index in [1.165, 1.54) is 12.1 Å². The van der Waals surface area contributed by atoms with Gasteiger partial charge < -0.3 is 10.1 Å². The summed E-state index contributed by atoms with van der Waals surface area (Å²) in [6, 6.07) is 15.7. The van der Waals surface area contributed by atoms with Gasteiger partial charge in [-0.3, -0.25) is 9.48 Å². The van der Waals surface area contributed by atoms with Gasteiger partial charge in [0, 0.05) is 17.8 Å². The fourth-order valence-electron chi connectivity index (χ4n) is 2.93. The van der Waals surface area contributed by atoms with E-state index in [2.05, 4.69) is 10.4 Å². The molecule has 3 aromatic rings. The average molecular weight is 381 g/mol. The molecule has 2 aromatic carbocycles. The first-order chi connectivity index (χ1) is 13.5. The second-order valence-electron chi connectivity index (χ2n) is 6.74. The molecule has 0 saturated heterocycles. The molecular formula is C22H24FN3O2. The summed E-state index contributed by atoms with van der Waals surface area (Å²) in [7, 11) is 0. The van der Waals surface area contributed by atoms with Crippen molar-refractivity contribution in [1.82, 2.24) is 9.78 Å². The molecule has 1 N–H and O–H groups in total. The number of rotatable bonds is 8. The van der Waals surface area contributed by atoms with Crippen LogP contribution in [0.4, 0.5) is 10.1 Å². The number of nitrogens with zero attached hydrogens (tertiary/aromatic N) is 2. The van der Waals surface area contributed by atoms with Gasteiger partial charge in [0.1, 0.15) is 11.6 Å². The van der Waals surface area contributed by atoms with Gasteiger partial charge in [-0.05, 0) is 68.3 Å². The molecule has 6 heteroatoms. The number of amides is 1. The quantitative estimate of drug-likeness (QED) is 0.585. The molecule has 5 nitrogen and oxygen atoms in total. The molecule has 1 heterocycles. The van der Waals surface area contributed by atoms with E-state index in [4.69, 9.17) is 4.74 Å². The molecule has 1 amide bonds. The van der Waals surface area contributed by atoms with Gasteiger partial charge >= 0.3 is 0 Å². The van der Waals surface area contributed by atoms with Crippen molar-refractivity contribution >= 4 is 11.6 Å². The average Bonchev–Trinajstić information content (AvgIpc) is 2.97. The maximum Gasteiger partial charge on any atom is 0.224 e. The van der Waals surface area contributed by atoms with Crippen LogP contribution in [0.15, 0.2) is 54.6 Å². The number of aryl methyl sites for hydroxylation is 2. The summed E-state index contributed by atoms with van der Waals surface area (Å²) in [5.41, 5.74) is 3.94. The van der Waals surface area contributed by atoms with Crippen LogP contribution in [0, 0.1) is 19.7 Å². The van der Waals surface area contributed by atoms with Crippen LogP contribution in [0.1, 0.15) is 29.8 Å². The van der Waals surface area contributed by atoms with Crippen molar-refractivity contribution in [3.8, 4) is 5.75 Å². The van der Waals surface area contributed by atoms with E-state index < -0.39 is 0 Å². The Balaban J connectivity index is 1.46. The van der Waals surface area contributed by atoms with Crippen LogP contribution < -0.4 is 10.1 Å². The van der Waals surface area contributed by atoms with Crippen molar-refractivity contribution in [2.24, 2.45) is 0 Å². The first-order valence-corrected chi connectivity index (χ1v) is 9.28. The van der Waals surface area contributed by atoms with Crippen LogP contribution >= 0.6 is 0 Å². The van der Waals surface area contributed by atoms with Crippen LogP contribution in [0.5, 0.6) is 5.75 Å². The lowest BCUT2D eigenvalue weighted by Crippen LogP contribution is -2.13. The molecule has 0 aliphatic carbocycles. The summed E-state index contributed by atoms with van der Waals surface area (Å²) in [5.74, 6) is 0.233. The fourth-order valence-corrected chi connectivity index (χ4v) is 2.93. The van der Waals surface area contributed by atoms with Gasteiger partial charge in [-0.25, -0.2) is 4.39 Å². The van der Waals surface area contributed by atoms with Crippen LogP contribution in [-0.2, 0) is 11.3 Å². The molecule has 0 bridgehead atoms. The number of ether oxygens (including phenoxy) is 1. The van der Waals surface area contributed by atoms with Crippen molar-refractivity contribution in [2.75, 3.05) is 11.9 Å². The molecule has 0 radical (unpaired) electrons. The van der Waals surface area contributed by atoms with Crippen LogP contribution in [0.2, 0.25) is 0 Å². The number of nitrogens with one attached hydrogen (secondary N) is 1. The Morgan fingerprint density at radius 2 is 1.93 bits per heavy atom. The number of anilines is 1. The highest BCUT2D eigenvalue weighted by molar-refractivity contribution is 5.90. The van der Waals surface area contributed by atoms with E-state index in [0.29, 0.717) is 31.7 Å². The van der Waals surface area contributed by atoms with Crippen LogP contribution in [0.3, 0.4) is 0 Å². The van der Waals surface area contributed by atoms with Crippen molar-refractivity contribution in [1.29, 1.82) is 0 Å². The second-order valence-corrected chi connectivity index (χ2v) is 6.74. The lowest BCUT2D eigenvalue weighted by atomic mass is 10.2. The maximum atomic E-state index is 12.8. The molecule has 3 rings (SSSR count). The van der Waals surface area contributed by atoms with Crippen molar-refractivity contribution in [3.63, 3.8) is 0 Å². The summed E-state index contributed by atoms with van der Waals surface area (Å²) >= 11 is 0. The highest BCUT2D eigenvalue weighted by atomic mass is 19.1. The third kappa shape index (κ3) is 5.67. The first kappa shape index (κ1) is 19.6. The smallest absolute Gasteiger partial charge is 0.224 e. The van der Waals surface area contributed by atoms with Gasteiger partial charge in [0.25, 0.3) is 0 Å². The number of benzene rings is 2. The van der Waals surface area contributed by atoms with E-state index >= 15 is 0 Å². The summed E-state index contributed by atoms with van der Waals surface area (Å²) in [4.78, 5) is 12.2. The van der Waals surface area contributed by atoms with Gasteiger partial charge in [-0.2, -0.15) is 5.10 Å². The molecule has 0 fully saturated rings.